The molecule has 2 aromatic rings. The smallest absolute Gasteiger partial charge is 0.213 e. The summed E-state index contributed by atoms with van der Waals surface area (Å²) >= 11 is 6.10. The van der Waals surface area contributed by atoms with E-state index in [1.165, 1.54) is 0 Å². The molecule has 0 spiro atoms. The van der Waals surface area contributed by atoms with Gasteiger partial charge in [-0.1, -0.05) is 17.7 Å². The van der Waals surface area contributed by atoms with Gasteiger partial charge in [0, 0.05) is 35.5 Å². The Labute approximate surface area is 141 Å². The van der Waals surface area contributed by atoms with Crippen LogP contribution in [-0.2, 0) is 6.54 Å². The van der Waals surface area contributed by atoms with E-state index >= 15 is 0 Å². The van der Waals surface area contributed by atoms with Gasteiger partial charge in [-0.3, -0.25) is 0 Å². The number of rotatable bonds is 9. The van der Waals surface area contributed by atoms with Crippen LogP contribution in [0.2, 0.25) is 5.02 Å². The summed E-state index contributed by atoms with van der Waals surface area (Å²) in [5, 5.41) is 3.97. The van der Waals surface area contributed by atoms with Crippen molar-refractivity contribution in [1.29, 1.82) is 0 Å². The fraction of sp³-hybridized carbons (Fsp3) is 0.353. The number of aromatic nitrogens is 1. The monoisotopic (exact) mass is 336 g/mol. The molecule has 0 aliphatic carbocycles. The molecule has 2 rings (SSSR count). The van der Waals surface area contributed by atoms with Gasteiger partial charge >= 0.3 is 0 Å². The van der Waals surface area contributed by atoms with Crippen molar-refractivity contribution in [2.75, 3.05) is 27.4 Å². The molecule has 0 amide bonds. The molecule has 1 heterocycles. The summed E-state index contributed by atoms with van der Waals surface area (Å²) in [6, 6.07) is 9.22. The molecule has 0 unspecified atom stereocenters. The van der Waals surface area contributed by atoms with E-state index in [-0.39, 0.29) is 0 Å². The van der Waals surface area contributed by atoms with E-state index in [4.69, 9.17) is 25.8 Å². The minimum Gasteiger partial charge on any atom is -0.493 e. The number of hydrogen-bond acceptors (Lipinski definition) is 5. The normalized spacial score (nSPS) is 10.4. The molecule has 124 valence electrons. The van der Waals surface area contributed by atoms with E-state index in [1.54, 1.807) is 26.5 Å². The number of nitrogens with one attached hydrogen (secondary N) is 1. The van der Waals surface area contributed by atoms with E-state index in [0.717, 1.165) is 18.5 Å². The Morgan fingerprint density at radius 3 is 2.74 bits per heavy atom. The Balaban J connectivity index is 1.77. The first-order chi connectivity index (χ1) is 11.2. The highest BCUT2D eigenvalue weighted by Crippen LogP contribution is 2.34. The zero-order valence-corrected chi connectivity index (χ0v) is 14.1. The van der Waals surface area contributed by atoms with Gasteiger partial charge in [0.15, 0.2) is 11.5 Å². The molecular weight excluding hydrogens is 316 g/mol. The second-order valence-electron chi connectivity index (χ2n) is 4.85. The molecule has 0 fully saturated rings. The largest absolute Gasteiger partial charge is 0.493 e. The van der Waals surface area contributed by atoms with E-state index in [0.29, 0.717) is 35.6 Å². The highest BCUT2D eigenvalue weighted by Gasteiger charge is 2.11. The van der Waals surface area contributed by atoms with Gasteiger partial charge in [-0.2, -0.15) is 0 Å². The summed E-state index contributed by atoms with van der Waals surface area (Å²) in [5.41, 5.74) is 0.961. The van der Waals surface area contributed by atoms with Gasteiger partial charge in [-0.05, 0) is 25.1 Å². The minimum atomic E-state index is 0.611. The zero-order valence-electron chi connectivity index (χ0n) is 13.3. The van der Waals surface area contributed by atoms with Crippen LogP contribution in [0.4, 0.5) is 0 Å². The number of halogens is 1. The summed E-state index contributed by atoms with van der Waals surface area (Å²) in [6.07, 6.45) is 2.59. The number of pyridine rings is 1. The maximum Gasteiger partial charge on any atom is 0.213 e. The van der Waals surface area contributed by atoms with Crippen LogP contribution in [0.25, 0.3) is 0 Å². The van der Waals surface area contributed by atoms with Crippen LogP contribution >= 0.6 is 11.6 Å². The van der Waals surface area contributed by atoms with Crippen LogP contribution in [0.1, 0.15) is 12.0 Å². The molecule has 0 saturated carbocycles. The van der Waals surface area contributed by atoms with Gasteiger partial charge in [0.25, 0.3) is 0 Å². The predicted octanol–water partition coefficient (Wildman–Crippen LogP) is 3.31. The van der Waals surface area contributed by atoms with Gasteiger partial charge in [-0.15, -0.1) is 0 Å². The molecule has 0 aliphatic heterocycles. The van der Waals surface area contributed by atoms with Crippen LogP contribution in [0.15, 0.2) is 36.5 Å². The van der Waals surface area contributed by atoms with Crippen molar-refractivity contribution in [3.05, 3.63) is 47.1 Å². The van der Waals surface area contributed by atoms with Crippen LogP contribution < -0.4 is 19.5 Å². The molecule has 1 aromatic heterocycles. The van der Waals surface area contributed by atoms with E-state index in [1.807, 2.05) is 24.3 Å². The number of benzene rings is 1. The molecule has 0 aliphatic rings. The van der Waals surface area contributed by atoms with Gasteiger partial charge in [0.1, 0.15) is 0 Å². The van der Waals surface area contributed by atoms with Gasteiger partial charge in [-0.25, -0.2) is 4.98 Å². The van der Waals surface area contributed by atoms with Crippen LogP contribution in [-0.4, -0.2) is 32.4 Å². The summed E-state index contributed by atoms with van der Waals surface area (Å²) < 4.78 is 16.2. The molecule has 0 saturated heterocycles. The number of ether oxygens (including phenoxy) is 3. The maximum atomic E-state index is 6.10. The molecule has 1 aromatic carbocycles. The lowest BCUT2D eigenvalue weighted by Crippen LogP contribution is -2.17. The average molecular weight is 337 g/mol. The van der Waals surface area contributed by atoms with Gasteiger partial charge in [0.2, 0.25) is 5.88 Å². The second-order valence-corrected chi connectivity index (χ2v) is 5.28. The molecule has 6 heteroatoms. The third-order valence-electron chi connectivity index (χ3n) is 3.22. The highest BCUT2D eigenvalue weighted by atomic mass is 35.5. The lowest BCUT2D eigenvalue weighted by Gasteiger charge is -2.14. The van der Waals surface area contributed by atoms with Gasteiger partial charge in [0.05, 0.1) is 20.8 Å². The average Bonchev–Trinajstić information content (AvgIpc) is 2.58. The van der Waals surface area contributed by atoms with Crippen molar-refractivity contribution in [3.8, 4) is 17.4 Å². The quantitative estimate of drug-likeness (QED) is 0.712. The summed E-state index contributed by atoms with van der Waals surface area (Å²) in [7, 11) is 3.22. The number of methoxy groups -OCH3 is 2. The topological polar surface area (TPSA) is 52.6 Å². The van der Waals surface area contributed by atoms with E-state index in [2.05, 4.69) is 10.3 Å². The van der Waals surface area contributed by atoms with Crippen LogP contribution in [0.5, 0.6) is 17.4 Å². The van der Waals surface area contributed by atoms with E-state index in [9.17, 15) is 0 Å². The Kier molecular flexibility index (Phi) is 6.97. The van der Waals surface area contributed by atoms with Crippen LogP contribution in [0.3, 0.4) is 0 Å². The fourth-order valence-electron chi connectivity index (χ4n) is 2.17. The number of nitrogens with zero attached hydrogens (tertiary/aromatic N) is 1. The van der Waals surface area contributed by atoms with Crippen molar-refractivity contribution >= 4 is 11.6 Å². The van der Waals surface area contributed by atoms with E-state index < -0.39 is 0 Å². The first-order valence-corrected chi connectivity index (χ1v) is 7.77. The lowest BCUT2D eigenvalue weighted by molar-refractivity contribution is 0.296. The first kappa shape index (κ1) is 17.4. The maximum absolute atomic E-state index is 6.10. The van der Waals surface area contributed by atoms with Crippen molar-refractivity contribution in [1.82, 2.24) is 10.3 Å². The van der Waals surface area contributed by atoms with Gasteiger partial charge < -0.3 is 19.5 Å². The molecule has 23 heavy (non-hydrogen) atoms. The molecular formula is C17H21ClN2O3. The molecule has 5 nitrogen and oxygen atoms in total. The summed E-state index contributed by atoms with van der Waals surface area (Å²) in [6.45, 7) is 2.06. The fourth-order valence-corrected chi connectivity index (χ4v) is 2.40. The zero-order chi connectivity index (χ0) is 16.5. The SMILES string of the molecule is COc1cc(Cl)cc(CNCCCOc2ccccn2)c1OC. The predicted molar refractivity (Wildman–Crippen MR) is 90.6 cm³/mol. The Bertz CT molecular complexity index is 608. The lowest BCUT2D eigenvalue weighted by atomic mass is 10.2. The molecule has 0 atom stereocenters. The third-order valence-corrected chi connectivity index (χ3v) is 3.44. The van der Waals surface area contributed by atoms with Crippen molar-refractivity contribution in [3.63, 3.8) is 0 Å². The Hall–Kier alpha value is -1.98. The van der Waals surface area contributed by atoms with Crippen molar-refractivity contribution < 1.29 is 14.2 Å². The molecule has 0 bridgehead atoms. The van der Waals surface area contributed by atoms with Crippen molar-refractivity contribution in [2.24, 2.45) is 0 Å². The minimum absolute atomic E-state index is 0.611. The Morgan fingerprint density at radius 1 is 1.17 bits per heavy atom. The first-order valence-electron chi connectivity index (χ1n) is 7.39. The standard InChI is InChI=1S/C17H21ClN2O3/c1-21-15-11-14(18)10-13(17(15)22-2)12-19-7-5-9-23-16-6-3-4-8-20-16/h3-4,6,8,10-11,19H,5,7,9,12H2,1-2H3. The van der Waals surface area contributed by atoms with Crippen molar-refractivity contribution in [2.45, 2.75) is 13.0 Å². The number of hydrogen-bond donors (Lipinski definition) is 1. The third kappa shape index (κ3) is 5.30. The summed E-state index contributed by atoms with van der Waals surface area (Å²) in [5.74, 6) is 1.98. The second kappa shape index (κ2) is 9.22. The highest BCUT2D eigenvalue weighted by molar-refractivity contribution is 6.30. The molecule has 1 N–H and O–H groups in total. The summed E-state index contributed by atoms with van der Waals surface area (Å²) in [4.78, 5) is 4.11. The van der Waals surface area contributed by atoms with Crippen LogP contribution in [0, 0.1) is 0 Å². The Morgan fingerprint density at radius 2 is 2.04 bits per heavy atom. The molecule has 0 radical (unpaired) electrons.